The zero-order valence-corrected chi connectivity index (χ0v) is 11.5. The first kappa shape index (κ1) is 16.2. The van der Waals surface area contributed by atoms with Gasteiger partial charge in [-0.15, -0.1) is 0 Å². The van der Waals surface area contributed by atoms with E-state index < -0.39 is 52.3 Å². The van der Waals surface area contributed by atoms with Crippen LogP contribution in [0.25, 0.3) is 0 Å². The minimum atomic E-state index is -2.65. The largest absolute Gasteiger partial charge is 0.373 e. The van der Waals surface area contributed by atoms with E-state index in [-0.39, 0.29) is 0 Å². The van der Waals surface area contributed by atoms with Crippen LogP contribution in [0.1, 0.15) is 32.1 Å². The summed E-state index contributed by atoms with van der Waals surface area (Å²) in [7, 11) is 0. The Balaban J connectivity index is 2.13. The van der Waals surface area contributed by atoms with Crippen LogP contribution in [0.3, 0.4) is 0 Å². The molecule has 1 aromatic carbocycles. The second-order valence-electron chi connectivity index (χ2n) is 4.54. The van der Waals surface area contributed by atoms with Gasteiger partial charge in [0.1, 0.15) is 0 Å². The average Bonchev–Trinajstić information content (AvgIpc) is 2.48. The number of rotatable bonds is 4. The van der Waals surface area contributed by atoms with Gasteiger partial charge in [0.05, 0.1) is 6.10 Å². The van der Waals surface area contributed by atoms with E-state index in [0.717, 1.165) is 19.3 Å². The van der Waals surface area contributed by atoms with E-state index in [1.54, 1.807) is 0 Å². The van der Waals surface area contributed by atoms with Gasteiger partial charge in [-0.05, 0) is 12.8 Å². The molecule has 1 unspecified atom stereocenters. The molecule has 0 bridgehead atoms. The van der Waals surface area contributed by atoms with Gasteiger partial charge in [0.2, 0.25) is 34.8 Å². The molecular formula is C12H11F5O3S. The van der Waals surface area contributed by atoms with Gasteiger partial charge in [0.15, 0.2) is 0 Å². The summed E-state index contributed by atoms with van der Waals surface area (Å²) in [6.07, 6.45) is 3.42. The molecule has 1 aliphatic carbocycles. The maximum absolute atomic E-state index is 13.3. The molecule has 0 saturated heterocycles. The highest BCUT2D eigenvalue weighted by Gasteiger charge is 2.29. The molecule has 0 aromatic heterocycles. The fourth-order valence-corrected chi connectivity index (χ4v) is 2.75. The summed E-state index contributed by atoms with van der Waals surface area (Å²) in [5, 5.41) is 0. The van der Waals surface area contributed by atoms with Crippen molar-refractivity contribution in [2.45, 2.75) is 38.2 Å². The van der Waals surface area contributed by atoms with Gasteiger partial charge in [-0.2, -0.15) is 13.0 Å². The zero-order valence-electron chi connectivity index (χ0n) is 10.6. The number of benzene rings is 1. The molecule has 1 fully saturated rings. The van der Waals surface area contributed by atoms with Crippen LogP contribution in [-0.4, -0.2) is 10.3 Å². The van der Waals surface area contributed by atoms with Crippen molar-refractivity contribution in [3.8, 4) is 5.75 Å². The quantitative estimate of drug-likeness (QED) is 0.480. The van der Waals surface area contributed by atoms with Crippen LogP contribution in [0.5, 0.6) is 5.75 Å². The Kier molecular flexibility index (Phi) is 5.15. The second kappa shape index (κ2) is 6.69. The predicted octanol–water partition coefficient (Wildman–Crippen LogP) is 3.69. The monoisotopic (exact) mass is 330 g/mol. The molecule has 2 rings (SSSR count). The third kappa shape index (κ3) is 3.52. The highest BCUT2D eigenvalue weighted by Crippen LogP contribution is 2.30. The fourth-order valence-electron chi connectivity index (χ4n) is 2.02. The van der Waals surface area contributed by atoms with E-state index in [9.17, 15) is 26.2 Å². The van der Waals surface area contributed by atoms with E-state index in [4.69, 9.17) is 4.18 Å². The Hall–Kier alpha value is -1.22. The van der Waals surface area contributed by atoms with Gasteiger partial charge < -0.3 is 4.18 Å². The van der Waals surface area contributed by atoms with Crippen molar-refractivity contribution in [2.75, 3.05) is 0 Å². The van der Waals surface area contributed by atoms with Gasteiger partial charge >= 0.3 is 11.4 Å². The van der Waals surface area contributed by atoms with E-state index in [0.29, 0.717) is 12.8 Å². The zero-order chi connectivity index (χ0) is 15.6. The molecule has 0 N–H and O–H groups in total. The summed E-state index contributed by atoms with van der Waals surface area (Å²) in [6.45, 7) is 0. The van der Waals surface area contributed by atoms with Gasteiger partial charge in [-0.25, -0.2) is 13.2 Å². The van der Waals surface area contributed by atoms with Crippen molar-refractivity contribution >= 4 is 11.4 Å². The summed E-state index contributed by atoms with van der Waals surface area (Å²) in [5.74, 6) is -12.6. The molecule has 0 heterocycles. The van der Waals surface area contributed by atoms with Crippen LogP contribution >= 0.6 is 0 Å². The van der Waals surface area contributed by atoms with Crippen LogP contribution in [0.15, 0.2) is 0 Å². The topological polar surface area (TPSA) is 35.5 Å². The smallest absolute Gasteiger partial charge is 0.360 e. The standard InChI is InChI=1S/C12H11F5O3S/c13-7-8(14)10(16)12(11(17)9(7)15)20-21(18)19-6-4-2-1-3-5-6/h6H,1-5H2. The highest BCUT2D eigenvalue weighted by atomic mass is 32.2. The van der Waals surface area contributed by atoms with Crippen molar-refractivity contribution in [3.05, 3.63) is 29.1 Å². The first-order valence-corrected chi connectivity index (χ1v) is 7.20. The van der Waals surface area contributed by atoms with Crippen LogP contribution in [0.4, 0.5) is 22.0 Å². The van der Waals surface area contributed by atoms with Crippen molar-refractivity contribution in [2.24, 2.45) is 0 Å². The molecular weight excluding hydrogens is 319 g/mol. The molecule has 0 amide bonds. The average molecular weight is 330 g/mol. The number of hydrogen-bond donors (Lipinski definition) is 0. The van der Waals surface area contributed by atoms with Crippen LogP contribution in [0, 0.1) is 29.1 Å². The van der Waals surface area contributed by atoms with Crippen LogP contribution in [-0.2, 0) is 15.5 Å². The first-order chi connectivity index (χ1) is 9.91. The lowest BCUT2D eigenvalue weighted by molar-refractivity contribution is 0.158. The molecule has 1 aromatic rings. The molecule has 1 atom stereocenters. The van der Waals surface area contributed by atoms with E-state index in [1.165, 1.54) is 0 Å². The fraction of sp³-hybridized carbons (Fsp3) is 0.500. The molecule has 0 radical (unpaired) electrons. The summed E-state index contributed by atoms with van der Waals surface area (Å²) in [4.78, 5) is 0. The summed E-state index contributed by atoms with van der Waals surface area (Å²) in [5.41, 5.74) is 0. The Labute approximate surface area is 119 Å². The Bertz CT molecular complexity index is 531. The molecule has 118 valence electrons. The van der Waals surface area contributed by atoms with Gasteiger partial charge in [-0.1, -0.05) is 19.3 Å². The number of halogens is 5. The molecule has 3 nitrogen and oxygen atoms in total. The lowest BCUT2D eigenvalue weighted by Gasteiger charge is -2.20. The van der Waals surface area contributed by atoms with Gasteiger partial charge in [-0.3, -0.25) is 4.18 Å². The molecule has 21 heavy (non-hydrogen) atoms. The SMILES string of the molecule is O=S(Oc1c(F)c(F)c(F)c(F)c1F)OC1CCCCC1. The summed E-state index contributed by atoms with van der Waals surface area (Å²) >= 11 is -2.65. The third-order valence-electron chi connectivity index (χ3n) is 3.09. The van der Waals surface area contributed by atoms with Gasteiger partial charge in [0.25, 0.3) is 0 Å². The third-order valence-corrected chi connectivity index (χ3v) is 3.82. The molecule has 1 saturated carbocycles. The molecule has 0 aliphatic heterocycles. The Morgan fingerprint density at radius 1 is 0.810 bits per heavy atom. The van der Waals surface area contributed by atoms with E-state index in [2.05, 4.69) is 4.18 Å². The number of hydrogen-bond acceptors (Lipinski definition) is 3. The molecule has 0 spiro atoms. The maximum atomic E-state index is 13.3. The Morgan fingerprint density at radius 2 is 1.29 bits per heavy atom. The minimum absolute atomic E-state index is 0.430. The maximum Gasteiger partial charge on any atom is 0.360 e. The molecule has 9 heteroatoms. The lowest BCUT2D eigenvalue weighted by atomic mass is 9.98. The summed E-state index contributed by atoms with van der Waals surface area (Å²) < 4.78 is 85.9. The van der Waals surface area contributed by atoms with Crippen LogP contribution < -0.4 is 4.18 Å². The van der Waals surface area contributed by atoms with E-state index in [1.807, 2.05) is 0 Å². The van der Waals surface area contributed by atoms with Gasteiger partial charge in [0, 0.05) is 0 Å². The second-order valence-corrected chi connectivity index (χ2v) is 5.31. The van der Waals surface area contributed by atoms with Crippen molar-refractivity contribution in [3.63, 3.8) is 0 Å². The minimum Gasteiger partial charge on any atom is -0.373 e. The molecule has 1 aliphatic rings. The van der Waals surface area contributed by atoms with Crippen LogP contribution in [0.2, 0.25) is 0 Å². The normalized spacial score (nSPS) is 17.8. The first-order valence-electron chi connectivity index (χ1n) is 6.20. The van der Waals surface area contributed by atoms with Crippen molar-refractivity contribution in [1.82, 2.24) is 0 Å². The summed E-state index contributed by atoms with van der Waals surface area (Å²) in [6, 6.07) is 0. The lowest BCUT2D eigenvalue weighted by Crippen LogP contribution is -2.21. The van der Waals surface area contributed by atoms with Crippen molar-refractivity contribution < 1.29 is 34.5 Å². The van der Waals surface area contributed by atoms with E-state index >= 15 is 0 Å². The Morgan fingerprint density at radius 3 is 1.81 bits per heavy atom. The predicted molar refractivity (Wildman–Crippen MR) is 63.0 cm³/mol. The van der Waals surface area contributed by atoms with Crippen molar-refractivity contribution in [1.29, 1.82) is 0 Å². The highest BCUT2D eigenvalue weighted by molar-refractivity contribution is 7.75.